The monoisotopic (exact) mass is 267 g/mol. The molecule has 1 heterocycles. The number of aryl methyl sites for hydroxylation is 1. The molecule has 0 fully saturated rings. The Morgan fingerprint density at radius 3 is 2.60 bits per heavy atom. The Labute approximate surface area is 118 Å². The van der Waals surface area contributed by atoms with Crippen molar-refractivity contribution in [2.75, 3.05) is 0 Å². The maximum atomic E-state index is 10.0. The molecule has 0 aliphatic rings. The van der Waals surface area contributed by atoms with Gasteiger partial charge in [-0.05, 0) is 25.1 Å². The van der Waals surface area contributed by atoms with E-state index in [1.54, 1.807) is 6.07 Å². The van der Waals surface area contributed by atoms with E-state index in [9.17, 15) is 5.11 Å². The van der Waals surface area contributed by atoms with Crippen molar-refractivity contribution in [2.24, 2.45) is 0 Å². The molecule has 0 aliphatic carbocycles. The number of phenolic OH excluding ortho intramolecular Hbond substituents is 1. The molecule has 0 bridgehead atoms. The van der Waals surface area contributed by atoms with Crippen molar-refractivity contribution in [1.82, 2.24) is 4.57 Å². The number of rotatable bonds is 4. The predicted molar refractivity (Wildman–Crippen MR) is 80.1 cm³/mol. The number of ether oxygens (including phenoxy) is 1. The molecule has 2 aromatic carbocycles. The third-order valence-electron chi connectivity index (χ3n) is 3.44. The lowest BCUT2D eigenvalue weighted by atomic mass is 10.2. The van der Waals surface area contributed by atoms with Crippen molar-refractivity contribution in [1.29, 1.82) is 0 Å². The quantitative estimate of drug-likeness (QED) is 0.776. The topological polar surface area (TPSA) is 34.4 Å². The van der Waals surface area contributed by atoms with Crippen LogP contribution >= 0.6 is 0 Å². The largest absolute Gasteiger partial charge is 0.506 e. The number of hydrogen-bond donors (Lipinski definition) is 1. The van der Waals surface area contributed by atoms with Crippen molar-refractivity contribution in [2.45, 2.75) is 20.1 Å². The molecule has 0 atom stereocenters. The van der Waals surface area contributed by atoms with Crippen molar-refractivity contribution >= 4 is 10.9 Å². The molecule has 0 spiro atoms. The Morgan fingerprint density at radius 2 is 1.85 bits per heavy atom. The average Bonchev–Trinajstić information content (AvgIpc) is 2.86. The van der Waals surface area contributed by atoms with Gasteiger partial charge in [0.25, 0.3) is 0 Å². The number of aromatic nitrogens is 1. The van der Waals surface area contributed by atoms with Crippen LogP contribution in [0.3, 0.4) is 0 Å². The molecule has 3 heteroatoms. The number of phenols is 1. The molecule has 0 aliphatic heterocycles. The second-order valence-corrected chi connectivity index (χ2v) is 4.72. The van der Waals surface area contributed by atoms with Gasteiger partial charge in [-0.15, -0.1) is 0 Å². The van der Waals surface area contributed by atoms with Gasteiger partial charge in [0, 0.05) is 23.7 Å². The summed E-state index contributed by atoms with van der Waals surface area (Å²) in [6.45, 7) is 3.38. The van der Waals surface area contributed by atoms with Gasteiger partial charge in [-0.25, -0.2) is 0 Å². The fraction of sp³-hybridized carbons (Fsp3) is 0.176. The van der Waals surface area contributed by atoms with Crippen LogP contribution in [0.4, 0.5) is 0 Å². The van der Waals surface area contributed by atoms with Crippen LogP contribution in [0.1, 0.15) is 12.5 Å². The summed E-state index contributed by atoms with van der Waals surface area (Å²) in [7, 11) is 0. The van der Waals surface area contributed by atoms with Gasteiger partial charge in [0.2, 0.25) is 0 Å². The summed E-state index contributed by atoms with van der Waals surface area (Å²) in [5, 5.41) is 11.1. The maximum Gasteiger partial charge on any atom is 0.139 e. The number of para-hydroxylation sites is 2. The number of nitrogens with zero attached hydrogens (tertiary/aromatic N) is 1. The predicted octanol–water partition coefficient (Wildman–Crippen LogP) is 3.95. The first-order valence-electron chi connectivity index (χ1n) is 6.77. The van der Waals surface area contributed by atoms with Crippen molar-refractivity contribution in [3.63, 3.8) is 0 Å². The highest BCUT2D eigenvalue weighted by Crippen LogP contribution is 2.29. The van der Waals surface area contributed by atoms with Gasteiger partial charge in [-0.2, -0.15) is 0 Å². The van der Waals surface area contributed by atoms with Crippen LogP contribution in [0.15, 0.2) is 54.7 Å². The van der Waals surface area contributed by atoms with E-state index >= 15 is 0 Å². The van der Waals surface area contributed by atoms with E-state index in [1.165, 1.54) is 0 Å². The van der Waals surface area contributed by atoms with Crippen LogP contribution in [0.5, 0.6) is 11.5 Å². The van der Waals surface area contributed by atoms with E-state index in [1.807, 2.05) is 53.2 Å². The normalized spacial score (nSPS) is 10.8. The first-order chi connectivity index (χ1) is 9.79. The summed E-state index contributed by atoms with van der Waals surface area (Å²) >= 11 is 0. The molecule has 0 amide bonds. The third-order valence-corrected chi connectivity index (χ3v) is 3.44. The standard InChI is InChI=1S/C17H17NO2/c1-2-18-11-13(12-20-14-7-4-3-5-8-14)15-9-6-10-16(19)17(15)18/h3-11,19H,2,12H2,1H3. The lowest BCUT2D eigenvalue weighted by molar-refractivity contribution is 0.307. The molecule has 20 heavy (non-hydrogen) atoms. The Morgan fingerprint density at radius 1 is 1.05 bits per heavy atom. The smallest absolute Gasteiger partial charge is 0.139 e. The van der Waals surface area contributed by atoms with Gasteiger partial charge in [0.15, 0.2) is 0 Å². The van der Waals surface area contributed by atoms with E-state index in [4.69, 9.17) is 4.74 Å². The zero-order valence-electron chi connectivity index (χ0n) is 11.4. The Bertz CT molecular complexity index is 716. The van der Waals surface area contributed by atoms with Gasteiger partial charge >= 0.3 is 0 Å². The van der Waals surface area contributed by atoms with Crippen molar-refractivity contribution in [3.8, 4) is 11.5 Å². The highest BCUT2D eigenvalue weighted by atomic mass is 16.5. The Balaban J connectivity index is 1.94. The number of benzene rings is 2. The summed E-state index contributed by atoms with van der Waals surface area (Å²) in [6, 6.07) is 15.4. The van der Waals surface area contributed by atoms with E-state index < -0.39 is 0 Å². The van der Waals surface area contributed by atoms with Crippen LogP contribution < -0.4 is 4.74 Å². The molecular formula is C17H17NO2. The summed E-state index contributed by atoms with van der Waals surface area (Å²) in [5.41, 5.74) is 1.96. The first-order valence-corrected chi connectivity index (χ1v) is 6.77. The molecule has 102 valence electrons. The minimum absolute atomic E-state index is 0.315. The number of aromatic hydroxyl groups is 1. The van der Waals surface area contributed by atoms with E-state index in [0.29, 0.717) is 12.4 Å². The van der Waals surface area contributed by atoms with Crippen molar-refractivity contribution < 1.29 is 9.84 Å². The Kier molecular flexibility index (Phi) is 3.33. The number of hydrogen-bond acceptors (Lipinski definition) is 2. The highest BCUT2D eigenvalue weighted by Gasteiger charge is 2.11. The third kappa shape index (κ3) is 2.23. The highest BCUT2D eigenvalue weighted by molar-refractivity contribution is 5.88. The van der Waals surface area contributed by atoms with Gasteiger partial charge in [-0.1, -0.05) is 30.3 Å². The summed E-state index contributed by atoms with van der Waals surface area (Å²) in [4.78, 5) is 0. The summed E-state index contributed by atoms with van der Waals surface area (Å²) in [5.74, 6) is 1.17. The minimum atomic E-state index is 0.315. The van der Waals surface area contributed by atoms with E-state index in [2.05, 4.69) is 6.92 Å². The molecule has 0 saturated carbocycles. The SMILES string of the molecule is CCn1cc(COc2ccccc2)c2cccc(O)c21. The van der Waals surface area contributed by atoms with Gasteiger partial charge in [0.1, 0.15) is 18.1 Å². The van der Waals surface area contributed by atoms with Crippen LogP contribution in [0, 0.1) is 0 Å². The molecule has 1 aromatic heterocycles. The zero-order valence-corrected chi connectivity index (χ0v) is 11.4. The molecule has 3 aromatic rings. The number of fused-ring (bicyclic) bond motifs is 1. The maximum absolute atomic E-state index is 10.0. The van der Waals surface area contributed by atoms with Gasteiger partial charge in [-0.3, -0.25) is 0 Å². The molecule has 0 unspecified atom stereocenters. The van der Waals surface area contributed by atoms with Crippen LogP contribution in [0.25, 0.3) is 10.9 Å². The van der Waals surface area contributed by atoms with Crippen molar-refractivity contribution in [3.05, 3.63) is 60.3 Å². The molecule has 0 radical (unpaired) electrons. The minimum Gasteiger partial charge on any atom is -0.506 e. The van der Waals surface area contributed by atoms with E-state index in [0.717, 1.165) is 28.8 Å². The Hall–Kier alpha value is -2.42. The first kappa shape index (κ1) is 12.6. The van der Waals surface area contributed by atoms with Crippen LogP contribution in [-0.2, 0) is 13.2 Å². The van der Waals surface area contributed by atoms with Gasteiger partial charge in [0.05, 0.1) is 5.52 Å². The lowest BCUT2D eigenvalue weighted by Crippen LogP contribution is -1.94. The van der Waals surface area contributed by atoms with Crippen LogP contribution in [0.2, 0.25) is 0 Å². The fourth-order valence-electron chi connectivity index (χ4n) is 2.46. The second-order valence-electron chi connectivity index (χ2n) is 4.72. The van der Waals surface area contributed by atoms with E-state index in [-0.39, 0.29) is 0 Å². The van der Waals surface area contributed by atoms with Crippen LogP contribution in [-0.4, -0.2) is 9.67 Å². The second kappa shape index (κ2) is 5.29. The van der Waals surface area contributed by atoms with Gasteiger partial charge < -0.3 is 14.4 Å². The summed E-state index contributed by atoms with van der Waals surface area (Å²) in [6.07, 6.45) is 2.05. The summed E-state index contributed by atoms with van der Waals surface area (Å²) < 4.78 is 7.85. The molecule has 3 nitrogen and oxygen atoms in total. The average molecular weight is 267 g/mol. The fourth-order valence-corrected chi connectivity index (χ4v) is 2.46. The molecular weight excluding hydrogens is 250 g/mol. The molecule has 1 N–H and O–H groups in total. The lowest BCUT2D eigenvalue weighted by Gasteiger charge is -2.04. The molecule has 3 rings (SSSR count). The molecule has 0 saturated heterocycles. The zero-order chi connectivity index (χ0) is 13.9.